The Hall–Kier alpha value is -2.47. The van der Waals surface area contributed by atoms with Crippen LogP contribution in [0, 0.1) is 13.8 Å². The summed E-state index contributed by atoms with van der Waals surface area (Å²) in [5.74, 6) is 1.51. The van der Waals surface area contributed by atoms with Crippen molar-refractivity contribution in [2.75, 3.05) is 4.90 Å². The summed E-state index contributed by atoms with van der Waals surface area (Å²) in [4.78, 5) is 17.9. The summed E-state index contributed by atoms with van der Waals surface area (Å²) in [7, 11) is 0. The molecule has 6 heteroatoms. The van der Waals surface area contributed by atoms with E-state index in [4.69, 9.17) is 5.73 Å². The van der Waals surface area contributed by atoms with E-state index in [2.05, 4.69) is 26.5 Å². The number of nitrogens with one attached hydrogen (secondary N) is 1. The van der Waals surface area contributed by atoms with E-state index in [1.54, 1.807) is 18.7 Å². The van der Waals surface area contributed by atoms with Crippen molar-refractivity contribution in [2.24, 2.45) is 5.73 Å². The summed E-state index contributed by atoms with van der Waals surface area (Å²) in [6.45, 7) is 7.68. The molecule has 0 saturated carbocycles. The maximum atomic E-state index is 6.32. The first kappa shape index (κ1) is 12.6. The van der Waals surface area contributed by atoms with Gasteiger partial charge >= 0.3 is 0 Å². The van der Waals surface area contributed by atoms with Gasteiger partial charge in [0.05, 0.1) is 23.9 Å². The number of imidazole rings is 1. The van der Waals surface area contributed by atoms with Crippen LogP contribution in [0.2, 0.25) is 0 Å². The molecular weight excluding hydrogens is 252 g/mol. The van der Waals surface area contributed by atoms with Crippen LogP contribution >= 0.6 is 0 Å². The third kappa shape index (κ3) is 1.81. The molecule has 0 spiro atoms. The molecule has 0 aromatic carbocycles. The predicted octanol–water partition coefficient (Wildman–Crippen LogP) is 1.61. The van der Waals surface area contributed by atoms with E-state index in [9.17, 15) is 0 Å². The molecule has 0 radical (unpaired) electrons. The fraction of sp³-hybridized carbons (Fsp3) is 0.214. The maximum Gasteiger partial charge on any atom is 0.145 e. The van der Waals surface area contributed by atoms with E-state index >= 15 is 0 Å². The Kier molecular flexibility index (Phi) is 2.87. The first-order valence-electron chi connectivity index (χ1n) is 6.34. The van der Waals surface area contributed by atoms with Gasteiger partial charge in [0.25, 0.3) is 0 Å². The third-order valence-corrected chi connectivity index (χ3v) is 3.40. The van der Waals surface area contributed by atoms with Crippen molar-refractivity contribution < 1.29 is 0 Å². The van der Waals surface area contributed by atoms with Crippen molar-refractivity contribution in [2.45, 2.75) is 20.0 Å². The van der Waals surface area contributed by atoms with E-state index in [-0.39, 0.29) is 6.17 Å². The highest BCUT2D eigenvalue weighted by atomic mass is 15.3. The second-order valence-electron chi connectivity index (χ2n) is 4.69. The van der Waals surface area contributed by atoms with Gasteiger partial charge in [-0.1, -0.05) is 6.58 Å². The number of aromatic amines is 1. The fourth-order valence-electron chi connectivity index (χ4n) is 2.44. The lowest BCUT2D eigenvalue weighted by atomic mass is 10.00. The number of aromatic nitrogens is 4. The van der Waals surface area contributed by atoms with Crippen LogP contribution in [0.1, 0.15) is 22.8 Å². The fourth-order valence-corrected chi connectivity index (χ4v) is 2.44. The minimum Gasteiger partial charge on any atom is -0.345 e. The van der Waals surface area contributed by atoms with Gasteiger partial charge in [0.1, 0.15) is 17.8 Å². The number of anilines is 1. The molecule has 2 aromatic heterocycles. The van der Waals surface area contributed by atoms with Gasteiger partial charge in [-0.05, 0) is 19.9 Å². The molecule has 20 heavy (non-hydrogen) atoms. The van der Waals surface area contributed by atoms with Crippen LogP contribution in [0.3, 0.4) is 0 Å². The molecule has 6 nitrogen and oxygen atoms in total. The van der Waals surface area contributed by atoms with Crippen LogP contribution in [0.4, 0.5) is 5.82 Å². The van der Waals surface area contributed by atoms with Crippen molar-refractivity contribution in [3.8, 4) is 0 Å². The van der Waals surface area contributed by atoms with Crippen LogP contribution in [-0.4, -0.2) is 26.1 Å². The SMILES string of the molecule is C=CN1c2nc(C)nc(C)c2C=C(c2cnc[nH]2)C1N. The molecule has 3 rings (SSSR count). The quantitative estimate of drug-likeness (QED) is 0.864. The number of rotatable bonds is 2. The zero-order valence-electron chi connectivity index (χ0n) is 11.5. The zero-order valence-corrected chi connectivity index (χ0v) is 11.5. The second kappa shape index (κ2) is 4.57. The minimum absolute atomic E-state index is 0.353. The van der Waals surface area contributed by atoms with Crippen LogP contribution in [0.15, 0.2) is 25.3 Å². The highest BCUT2D eigenvalue weighted by Gasteiger charge is 2.28. The summed E-state index contributed by atoms with van der Waals surface area (Å²) < 4.78 is 0. The molecule has 3 N–H and O–H groups in total. The molecule has 1 aliphatic heterocycles. The average Bonchev–Trinajstić information content (AvgIpc) is 2.92. The Morgan fingerprint density at radius 3 is 2.85 bits per heavy atom. The summed E-state index contributed by atoms with van der Waals surface area (Å²) in [6.07, 6.45) is 6.74. The second-order valence-corrected chi connectivity index (χ2v) is 4.69. The van der Waals surface area contributed by atoms with Crippen molar-refractivity contribution in [1.29, 1.82) is 0 Å². The lowest BCUT2D eigenvalue weighted by molar-refractivity contribution is 0.800. The molecule has 0 saturated heterocycles. The standard InChI is InChI=1S/C14H16N6/c1-4-20-13(15)11(12-6-16-7-17-12)5-10-8(2)18-9(3)19-14(10)20/h4-7,13H,1,15H2,2-3H3,(H,16,17). The molecule has 1 aliphatic rings. The molecule has 102 valence electrons. The van der Waals surface area contributed by atoms with Crippen molar-refractivity contribution in [3.05, 3.63) is 48.1 Å². The molecule has 1 atom stereocenters. The van der Waals surface area contributed by atoms with E-state index in [1.165, 1.54) is 0 Å². The zero-order chi connectivity index (χ0) is 14.3. The van der Waals surface area contributed by atoms with E-state index < -0.39 is 0 Å². The largest absolute Gasteiger partial charge is 0.345 e. The Morgan fingerprint density at radius 1 is 1.40 bits per heavy atom. The van der Waals surface area contributed by atoms with Gasteiger partial charge in [0.15, 0.2) is 0 Å². The monoisotopic (exact) mass is 268 g/mol. The molecule has 0 fully saturated rings. The molecular formula is C14H16N6. The van der Waals surface area contributed by atoms with Crippen LogP contribution < -0.4 is 10.6 Å². The van der Waals surface area contributed by atoms with Gasteiger partial charge in [-0.2, -0.15) is 0 Å². The summed E-state index contributed by atoms with van der Waals surface area (Å²) in [6, 6.07) is 0. The summed E-state index contributed by atoms with van der Waals surface area (Å²) in [5.41, 5.74) is 10.0. The molecule has 1 unspecified atom stereocenters. The van der Waals surface area contributed by atoms with Gasteiger partial charge in [-0.3, -0.25) is 0 Å². The lowest BCUT2D eigenvalue weighted by Crippen LogP contribution is -2.42. The summed E-state index contributed by atoms with van der Waals surface area (Å²) in [5, 5.41) is 0. The van der Waals surface area contributed by atoms with E-state index in [0.717, 1.165) is 34.2 Å². The number of hydrogen-bond donors (Lipinski definition) is 2. The highest BCUT2D eigenvalue weighted by molar-refractivity contribution is 5.91. The number of aryl methyl sites for hydroxylation is 2. The first-order valence-corrected chi connectivity index (χ1v) is 6.34. The smallest absolute Gasteiger partial charge is 0.145 e. The van der Waals surface area contributed by atoms with Gasteiger partial charge in [0.2, 0.25) is 0 Å². The van der Waals surface area contributed by atoms with Crippen LogP contribution in [-0.2, 0) is 0 Å². The Bertz CT molecular complexity index is 686. The number of fused-ring (bicyclic) bond motifs is 1. The normalized spacial score (nSPS) is 17.6. The Balaban J connectivity index is 2.24. The molecule has 2 aromatic rings. The van der Waals surface area contributed by atoms with E-state index in [1.807, 2.05) is 24.8 Å². The Morgan fingerprint density at radius 2 is 2.20 bits per heavy atom. The van der Waals surface area contributed by atoms with Crippen molar-refractivity contribution >= 4 is 17.5 Å². The number of H-pyrrole nitrogens is 1. The lowest BCUT2D eigenvalue weighted by Gasteiger charge is -2.33. The van der Waals surface area contributed by atoms with Crippen molar-refractivity contribution in [1.82, 2.24) is 19.9 Å². The average molecular weight is 268 g/mol. The molecule has 3 heterocycles. The summed E-state index contributed by atoms with van der Waals surface area (Å²) >= 11 is 0. The van der Waals surface area contributed by atoms with Crippen LogP contribution in [0.5, 0.6) is 0 Å². The Labute approximate surface area is 117 Å². The van der Waals surface area contributed by atoms with Crippen molar-refractivity contribution in [3.63, 3.8) is 0 Å². The number of hydrogen-bond acceptors (Lipinski definition) is 5. The predicted molar refractivity (Wildman–Crippen MR) is 78.6 cm³/mol. The molecule has 0 aliphatic carbocycles. The van der Waals surface area contributed by atoms with Gasteiger partial charge in [-0.15, -0.1) is 0 Å². The topological polar surface area (TPSA) is 83.7 Å². The highest BCUT2D eigenvalue weighted by Crippen LogP contribution is 2.34. The van der Waals surface area contributed by atoms with Gasteiger partial charge in [0, 0.05) is 17.3 Å². The number of nitrogens with two attached hydrogens (primary N) is 1. The third-order valence-electron chi connectivity index (χ3n) is 3.40. The number of nitrogens with zero attached hydrogens (tertiary/aromatic N) is 4. The molecule has 0 bridgehead atoms. The maximum absolute atomic E-state index is 6.32. The first-order chi connectivity index (χ1) is 9.61. The van der Waals surface area contributed by atoms with Gasteiger partial charge < -0.3 is 15.6 Å². The van der Waals surface area contributed by atoms with Crippen LogP contribution in [0.25, 0.3) is 11.6 Å². The minimum atomic E-state index is -0.353. The van der Waals surface area contributed by atoms with Gasteiger partial charge in [-0.25, -0.2) is 15.0 Å². The molecule has 0 amide bonds. The van der Waals surface area contributed by atoms with E-state index in [0.29, 0.717) is 0 Å².